The second-order valence-electron chi connectivity index (χ2n) is 5.46. The third-order valence-corrected chi connectivity index (χ3v) is 4.29. The smallest absolute Gasteiger partial charge is 0.244 e. The quantitative estimate of drug-likeness (QED) is 0.727. The van der Waals surface area contributed by atoms with Crippen LogP contribution in [0.4, 0.5) is 5.69 Å². The number of carbonyl (C=O) groups excluding carboxylic acids is 1. The highest BCUT2D eigenvalue weighted by Gasteiger charge is 2.09. The second kappa shape index (κ2) is 5.97. The first-order valence-corrected chi connectivity index (χ1v) is 7.94. The molecule has 0 unspecified atom stereocenters. The number of nitrogens with zero attached hydrogens (tertiary/aromatic N) is 1. The average molecular weight is 357 g/mol. The van der Waals surface area contributed by atoms with Crippen LogP contribution in [0, 0.1) is 13.8 Å². The molecule has 3 rings (SSSR count). The number of nitrogens with one attached hydrogen (secondary N) is 1. The number of benzene rings is 2. The molecule has 0 saturated carbocycles. The standard InChI is InChI=1S/C18H17BrN2O/c1-12-4-3-5-13(2)18(12)20-17(22)11-21-9-8-14-10-15(19)6-7-16(14)21/h3-10H,11H2,1-2H3,(H,20,22). The largest absolute Gasteiger partial charge is 0.338 e. The van der Waals surface area contributed by atoms with Crippen molar-refractivity contribution >= 4 is 38.4 Å². The fourth-order valence-electron chi connectivity index (χ4n) is 2.65. The summed E-state index contributed by atoms with van der Waals surface area (Å²) in [6.45, 7) is 4.31. The molecule has 22 heavy (non-hydrogen) atoms. The van der Waals surface area contributed by atoms with E-state index in [-0.39, 0.29) is 5.91 Å². The predicted octanol–water partition coefficient (Wildman–Crippen LogP) is 4.66. The van der Waals surface area contributed by atoms with Crippen LogP contribution in [-0.2, 0) is 11.3 Å². The molecule has 0 saturated heterocycles. The molecule has 0 bridgehead atoms. The molecular formula is C18H17BrN2O. The lowest BCUT2D eigenvalue weighted by atomic mass is 10.1. The SMILES string of the molecule is Cc1cccc(C)c1NC(=O)Cn1ccc2cc(Br)ccc21. The summed E-state index contributed by atoms with van der Waals surface area (Å²) in [5.41, 5.74) is 4.12. The van der Waals surface area contributed by atoms with Crippen molar-refractivity contribution in [2.75, 3.05) is 5.32 Å². The van der Waals surface area contributed by atoms with Crippen molar-refractivity contribution in [2.45, 2.75) is 20.4 Å². The van der Waals surface area contributed by atoms with Gasteiger partial charge in [0.05, 0.1) is 0 Å². The number of halogens is 1. The van der Waals surface area contributed by atoms with Gasteiger partial charge in [0.25, 0.3) is 0 Å². The Labute approximate surface area is 138 Å². The Hall–Kier alpha value is -2.07. The zero-order valence-electron chi connectivity index (χ0n) is 12.6. The molecule has 112 valence electrons. The van der Waals surface area contributed by atoms with Crippen molar-refractivity contribution in [3.8, 4) is 0 Å². The third kappa shape index (κ3) is 2.92. The van der Waals surface area contributed by atoms with Gasteiger partial charge in [-0.2, -0.15) is 0 Å². The van der Waals surface area contributed by atoms with E-state index < -0.39 is 0 Å². The zero-order valence-corrected chi connectivity index (χ0v) is 14.1. The average Bonchev–Trinajstić information content (AvgIpc) is 2.85. The van der Waals surface area contributed by atoms with E-state index in [1.807, 2.05) is 61.0 Å². The number of hydrogen-bond donors (Lipinski definition) is 1. The second-order valence-corrected chi connectivity index (χ2v) is 6.38. The number of carbonyl (C=O) groups is 1. The molecule has 0 radical (unpaired) electrons. The van der Waals surface area contributed by atoms with Crippen molar-refractivity contribution in [1.29, 1.82) is 0 Å². The van der Waals surface area contributed by atoms with Crippen molar-refractivity contribution in [1.82, 2.24) is 4.57 Å². The lowest BCUT2D eigenvalue weighted by Gasteiger charge is -2.12. The number of hydrogen-bond acceptors (Lipinski definition) is 1. The van der Waals surface area contributed by atoms with Crippen LogP contribution in [0.25, 0.3) is 10.9 Å². The van der Waals surface area contributed by atoms with Crippen molar-refractivity contribution < 1.29 is 4.79 Å². The first-order valence-electron chi connectivity index (χ1n) is 7.15. The van der Waals surface area contributed by atoms with E-state index >= 15 is 0 Å². The van der Waals surface area contributed by atoms with Crippen LogP contribution in [-0.4, -0.2) is 10.5 Å². The lowest BCUT2D eigenvalue weighted by Crippen LogP contribution is -2.19. The van der Waals surface area contributed by atoms with Gasteiger partial charge in [-0.05, 0) is 49.2 Å². The van der Waals surface area contributed by atoms with E-state index in [0.717, 1.165) is 32.2 Å². The molecule has 0 aliphatic heterocycles. The van der Waals surface area contributed by atoms with E-state index in [2.05, 4.69) is 27.3 Å². The number of para-hydroxylation sites is 1. The van der Waals surface area contributed by atoms with Gasteiger partial charge >= 0.3 is 0 Å². The van der Waals surface area contributed by atoms with Gasteiger partial charge < -0.3 is 9.88 Å². The number of anilines is 1. The van der Waals surface area contributed by atoms with E-state index in [1.54, 1.807) is 0 Å². The number of amides is 1. The van der Waals surface area contributed by atoms with Crippen LogP contribution in [0.3, 0.4) is 0 Å². The fourth-order valence-corrected chi connectivity index (χ4v) is 3.03. The Kier molecular flexibility index (Phi) is 4.03. The van der Waals surface area contributed by atoms with Gasteiger partial charge in [-0.1, -0.05) is 34.1 Å². The van der Waals surface area contributed by atoms with Crippen molar-refractivity contribution in [2.24, 2.45) is 0 Å². The van der Waals surface area contributed by atoms with Crippen molar-refractivity contribution in [3.63, 3.8) is 0 Å². The molecule has 1 heterocycles. The molecule has 1 N–H and O–H groups in total. The summed E-state index contributed by atoms with van der Waals surface area (Å²) in [7, 11) is 0. The Bertz CT molecular complexity index is 831. The minimum Gasteiger partial charge on any atom is -0.338 e. The van der Waals surface area contributed by atoms with Gasteiger partial charge in [0.1, 0.15) is 6.54 Å². The first-order chi connectivity index (χ1) is 10.5. The minimum atomic E-state index is -0.0159. The molecule has 0 spiro atoms. The van der Waals surface area contributed by atoms with Gasteiger partial charge in [0.15, 0.2) is 0 Å². The van der Waals surface area contributed by atoms with E-state index in [4.69, 9.17) is 0 Å². The summed E-state index contributed by atoms with van der Waals surface area (Å²) in [5, 5.41) is 4.14. The summed E-state index contributed by atoms with van der Waals surface area (Å²) in [6.07, 6.45) is 1.95. The maximum atomic E-state index is 12.4. The maximum absolute atomic E-state index is 12.4. The first kappa shape index (κ1) is 14.9. The molecule has 0 fully saturated rings. The van der Waals surface area contributed by atoms with Gasteiger partial charge in [-0.15, -0.1) is 0 Å². The molecule has 4 heteroatoms. The summed E-state index contributed by atoms with van der Waals surface area (Å²) in [6, 6.07) is 14.1. The number of aromatic nitrogens is 1. The highest BCUT2D eigenvalue weighted by Crippen LogP contribution is 2.22. The molecule has 1 aromatic heterocycles. The van der Waals surface area contributed by atoms with E-state index in [0.29, 0.717) is 6.54 Å². The molecule has 1 amide bonds. The summed E-state index contributed by atoms with van der Waals surface area (Å²) < 4.78 is 3.00. The molecular weight excluding hydrogens is 340 g/mol. The zero-order chi connectivity index (χ0) is 15.7. The summed E-state index contributed by atoms with van der Waals surface area (Å²) >= 11 is 3.46. The number of fused-ring (bicyclic) bond motifs is 1. The Morgan fingerprint density at radius 3 is 2.59 bits per heavy atom. The molecule has 0 aliphatic carbocycles. The highest BCUT2D eigenvalue weighted by atomic mass is 79.9. The Morgan fingerprint density at radius 2 is 1.86 bits per heavy atom. The summed E-state index contributed by atoms with van der Waals surface area (Å²) in [4.78, 5) is 12.4. The normalized spacial score (nSPS) is 10.9. The Morgan fingerprint density at radius 1 is 1.14 bits per heavy atom. The molecule has 0 aliphatic rings. The van der Waals surface area contributed by atoms with Gasteiger partial charge in [-0.3, -0.25) is 4.79 Å². The predicted molar refractivity (Wildman–Crippen MR) is 94.2 cm³/mol. The molecule has 3 nitrogen and oxygen atoms in total. The van der Waals surface area contributed by atoms with Crippen LogP contribution in [0.15, 0.2) is 53.1 Å². The maximum Gasteiger partial charge on any atom is 0.244 e. The third-order valence-electron chi connectivity index (χ3n) is 3.79. The fraction of sp³-hybridized carbons (Fsp3) is 0.167. The molecule has 0 atom stereocenters. The van der Waals surface area contributed by atoms with Crippen molar-refractivity contribution in [3.05, 3.63) is 64.3 Å². The number of aryl methyl sites for hydroxylation is 2. The topological polar surface area (TPSA) is 34.0 Å². The monoisotopic (exact) mass is 356 g/mol. The van der Waals surface area contributed by atoms with Crippen LogP contribution in [0.5, 0.6) is 0 Å². The molecule has 3 aromatic rings. The molecule has 2 aromatic carbocycles. The lowest BCUT2D eigenvalue weighted by molar-refractivity contribution is -0.116. The van der Waals surface area contributed by atoms with Crippen LogP contribution < -0.4 is 5.32 Å². The Balaban J connectivity index is 1.82. The van der Waals surface area contributed by atoms with Gasteiger partial charge in [0, 0.05) is 27.3 Å². The van der Waals surface area contributed by atoms with Gasteiger partial charge in [0.2, 0.25) is 5.91 Å². The van der Waals surface area contributed by atoms with Crippen LogP contribution in [0.1, 0.15) is 11.1 Å². The minimum absolute atomic E-state index is 0.0159. The van der Waals surface area contributed by atoms with Gasteiger partial charge in [-0.25, -0.2) is 0 Å². The highest BCUT2D eigenvalue weighted by molar-refractivity contribution is 9.10. The van der Waals surface area contributed by atoms with Crippen LogP contribution >= 0.6 is 15.9 Å². The summed E-state index contributed by atoms with van der Waals surface area (Å²) in [5.74, 6) is -0.0159. The number of rotatable bonds is 3. The van der Waals surface area contributed by atoms with Crippen LogP contribution in [0.2, 0.25) is 0 Å². The van der Waals surface area contributed by atoms with E-state index in [9.17, 15) is 4.79 Å². The van der Waals surface area contributed by atoms with E-state index in [1.165, 1.54) is 0 Å².